The van der Waals surface area contributed by atoms with Crippen LogP contribution in [0.15, 0.2) is 54.1 Å². The van der Waals surface area contributed by atoms with E-state index in [-0.39, 0.29) is 31.0 Å². The number of fused-ring (bicyclic) bond motifs is 3. The number of aliphatic hydroxyl groups is 3. The van der Waals surface area contributed by atoms with E-state index in [2.05, 4.69) is 31.8 Å². The average molecular weight is 643 g/mol. The third-order valence-electron chi connectivity index (χ3n) is 9.60. The number of rotatable bonds is 8. The SMILES string of the molecule is CC(=O)O[C@@H]1[C@H](OC/C2=C/[C@@H]3[C@@H](C(C)C)CC=C(C)[C@@H]3C[C@H](OC(=O)/C=C/c3cn(C)cn3)[C@]3(C)C=C[C@@]2(O)O3)OC[C@@H](O)[C@H]1O. The van der Waals surface area contributed by atoms with Crippen LogP contribution in [-0.2, 0) is 40.3 Å². The van der Waals surface area contributed by atoms with Crippen LogP contribution in [0.4, 0.5) is 0 Å². The third-order valence-corrected chi connectivity index (χ3v) is 9.60. The number of aliphatic hydroxyl groups excluding tert-OH is 2. The van der Waals surface area contributed by atoms with Gasteiger partial charge in [0, 0.05) is 31.8 Å². The molecule has 0 radical (unpaired) electrons. The molecule has 12 heteroatoms. The Hall–Kier alpha value is -3.13. The molecule has 12 nitrogen and oxygen atoms in total. The Balaban J connectivity index is 1.46. The lowest BCUT2D eigenvalue weighted by molar-refractivity contribution is -0.276. The highest BCUT2D eigenvalue weighted by atomic mass is 16.7. The third kappa shape index (κ3) is 7.22. The van der Waals surface area contributed by atoms with Gasteiger partial charge >= 0.3 is 11.9 Å². The molecule has 3 aliphatic heterocycles. The van der Waals surface area contributed by atoms with Crippen molar-refractivity contribution < 1.29 is 48.6 Å². The van der Waals surface area contributed by atoms with Crippen LogP contribution >= 0.6 is 0 Å². The first-order valence-electron chi connectivity index (χ1n) is 15.8. The van der Waals surface area contributed by atoms with Crippen LogP contribution in [0, 0.1) is 23.7 Å². The van der Waals surface area contributed by atoms with Gasteiger partial charge in [-0.1, -0.05) is 31.6 Å². The van der Waals surface area contributed by atoms with E-state index in [0.29, 0.717) is 23.6 Å². The molecule has 0 aromatic carbocycles. The average Bonchev–Trinajstić information content (AvgIpc) is 3.56. The summed E-state index contributed by atoms with van der Waals surface area (Å²) < 4.78 is 31.2. The van der Waals surface area contributed by atoms with E-state index in [1.165, 1.54) is 19.1 Å². The molecule has 0 spiro atoms. The second-order valence-electron chi connectivity index (χ2n) is 13.4. The summed E-state index contributed by atoms with van der Waals surface area (Å²) in [4.78, 5) is 29.2. The molecule has 1 aliphatic carbocycles. The standard InChI is InChI=1S/C34H46N2O10/c1-19(2)24-9-7-20(3)25-14-28(45-29(39)10-8-23-15-36(6)18-35-23)33(5)11-12-34(41,46-33)22(13-26(24)25)16-42-32-31(44-21(4)37)30(40)27(38)17-43-32/h7-8,10-13,15,18-19,24-28,30-32,38,40-41H,9,14,16-17H2,1-6H3/b10-8+,22-13-/t24-,25+,26-,27-,28+,30-,31+,32-,33+,34-/m1/s1. The lowest BCUT2D eigenvalue weighted by Gasteiger charge is -2.41. The lowest BCUT2D eigenvalue weighted by atomic mass is 9.65. The summed E-state index contributed by atoms with van der Waals surface area (Å²) in [5.74, 6) is -2.75. The summed E-state index contributed by atoms with van der Waals surface area (Å²) in [6, 6.07) is 0. The van der Waals surface area contributed by atoms with Crippen molar-refractivity contribution in [1.29, 1.82) is 0 Å². The molecule has 4 aliphatic rings. The van der Waals surface area contributed by atoms with Crippen LogP contribution in [0.5, 0.6) is 0 Å². The first-order valence-corrected chi connectivity index (χ1v) is 15.8. The number of nitrogens with zero attached hydrogens (tertiary/aromatic N) is 2. The zero-order valence-electron chi connectivity index (χ0n) is 27.2. The highest BCUT2D eigenvalue weighted by Gasteiger charge is 2.53. The van der Waals surface area contributed by atoms with Crippen molar-refractivity contribution in [2.75, 3.05) is 13.2 Å². The Morgan fingerprint density at radius 1 is 1.24 bits per heavy atom. The molecular formula is C34H46N2O10. The Kier molecular flexibility index (Phi) is 10.1. The molecular weight excluding hydrogens is 596 g/mol. The quantitative estimate of drug-likeness (QED) is 0.217. The number of imidazole rings is 1. The molecule has 2 bridgehead atoms. The van der Waals surface area contributed by atoms with E-state index in [1.54, 1.807) is 36.2 Å². The number of ether oxygens (including phenoxy) is 5. The molecule has 5 rings (SSSR count). The summed E-state index contributed by atoms with van der Waals surface area (Å²) in [5, 5.41) is 32.7. The number of carbonyl (C=O) groups excluding carboxylic acids is 2. The fourth-order valence-electron chi connectivity index (χ4n) is 6.94. The zero-order valence-corrected chi connectivity index (χ0v) is 27.2. The molecule has 0 saturated carbocycles. The van der Waals surface area contributed by atoms with Crippen molar-refractivity contribution in [3.05, 3.63) is 59.7 Å². The van der Waals surface area contributed by atoms with Gasteiger partial charge in [-0.3, -0.25) is 4.79 Å². The molecule has 1 aromatic heterocycles. The minimum atomic E-state index is -1.92. The van der Waals surface area contributed by atoms with E-state index in [0.717, 1.165) is 12.0 Å². The molecule has 1 fully saturated rings. The van der Waals surface area contributed by atoms with E-state index in [4.69, 9.17) is 23.7 Å². The molecule has 10 atom stereocenters. The second kappa shape index (κ2) is 13.5. The maximum Gasteiger partial charge on any atom is 0.331 e. The van der Waals surface area contributed by atoms with Crippen LogP contribution in [0.3, 0.4) is 0 Å². The first kappa shape index (κ1) is 34.2. The number of hydrogen-bond donors (Lipinski definition) is 3. The highest BCUT2D eigenvalue weighted by molar-refractivity contribution is 5.86. The van der Waals surface area contributed by atoms with Crippen molar-refractivity contribution >= 4 is 18.0 Å². The predicted octanol–water partition coefficient (Wildman–Crippen LogP) is 2.59. The van der Waals surface area contributed by atoms with Gasteiger partial charge in [-0.15, -0.1) is 0 Å². The molecule has 252 valence electrons. The van der Waals surface area contributed by atoms with Crippen molar-refractivity contribution in [2.45, 2.75) is 89.6 Å². The van der Waals surface area contributed by atoms with Crippen molar-refractivity contribution in [1.82, 2.24) is 9.55 Å². The van der Waals surface area contributed by atoms with Gasteiger partial charge < -0.3 is 43.6 Å². The van der Waals surface area contributed by atoms with Crippen LogP contribution in [0.2, 0.25) is 0 Å². The van der Waals surface area contributed by atoms with Gasteiger partial charge in [-0.2, -0.15) is 0 Å². The maximum atomic E-state index is 13.2. The van der Waals surface area contributed by atoms with Crippen molar-refractivity contribution in [3.63, 3.8) is 0 Å². The van der Waals surface area contributed by atoms with Gasteiger partial charge in [0.1, 0.15) is 23.9 Å². The van der Waals surface area contributed by atoms with Crippen molar-refractivity contribution in [3.8, 4) is 0 Å². The van der Waals surface area contributed by atoms with Gasteiger partial charge in [0.15, 0.2) is 12.4 Å². The predicted molar refractivity (Wildman–Crippen MR) is 165 cm³/mol. The molecule has 1 saturated heterocycles. The highest BCUT2D eigenvalue weighted by Crippen LogP contribution is 2.49. The smallest absolute Gasteiger partial charge is 0.331 e. The number of allylic oxidation sites excluding steroid dienone is 3. The van der Waals surface area contributed by atoms with Gasteiger partial charge in [0.2, 0.25) is 5.79 Å². The Morgan fingerprint density at radius 3 is 2.67 bits per heavy atom. The number of aromatic nitrogens is 2. The fraction of sp³-hybridized carbons (Fsp3) is 0.618. The van der Waals surface area contributed by atoms with Gasteiger partial charge in [0.25, 0.3) is 0 Å². The van der Waals surface area contributed by atoms with Crippen LogP contribution in [0.1, 0.15) is 53.2 Å². The molecule has 4 heterocycles. The minimum absolute atomic E-state index is 0.0396. The topological polar surface area (TPSA) is 159 Å². The van der Waals surface area contributed by atoms with Crippen LogP contribution in [-0.4, -0.2) is 92.1 Å². The molecule has 0 unspecified atom stereocenters. The maximum absolute atomic E-state index is 13.2. The Bertz CT molecular complexity index is 1410. The molecule has 46 heavy (non-hydrogen) atoms. The monoisotopic (exact) mass is 642 g/mol. The van der Waals surface area contributed by atoms with E-state index >= 15 is 0 Å². The summed E-state index contributed by atoms with van der Waals surface area (Å²) in [6.45, 7) is 8.95. The van der Waals surface area contributed by atoms with Crippen molar-refractivity contribution in [2.24, 2.45) is 30.7 Å². The normalized spacial score (nSPS) is 38.7. The number of aryl methyl sites for hydroxylation is 1. The molecule has 3 N–H and O–H groups in total. The van der Waals surface area contributed by atoms with Crippen LogP contribution < -0.4 is 0 Å². The van der Waals surface area contributed by atoms with E-state index in [9.17, 15) is 24.9 Å². The molecule has 1 aromatic rings. The second-order valence-corrected chi connectivity index (χ2v) is 13.4. The van der Waals surface area contributed by atoms with E-state index < -0.39 is 54.0 Å². The summed E-state index contributed by atoms with van der Waals surface area (Å²) >= 11 is 0. The Labute approximate surface area is 269 Å². The largest absolute Gasteiger partial charge is 0.456 e. The van der Waals surface area contributed by atoms with Gasteiger partial charge in [0.05, 0.1) is 25.2 Å². The first-order chi connectivity index (χ1) is 21.7. The summed E-state index contributed by atoms with van der Waals surface area (Å²) in [7, 11) is 1.84. The minimum Gasteiger partial charge on any atom is -0.456 e. The number of carbonyl (C=O) groups is 2. The lowest BCUT2D eigenvalue weighted by Crippen LogP contribution is -2.55. The van der Waals surface area contributed by atoms with Crippen LogP contribution in [0.25, 0.3) is 6.08 Å². The summed E-state index contributed by atoms with van der Waals surface area (Å²) in [6.07, 6.45) is 9.21. The van der Waals surface area contributed by atoms with E-state index in [1.807, 2.05) is 13.1 Å². The zero-order chi connectivity index (χ0) is 33.4. The molecule has 0 amide bonds. The Morgan fingerprint density at radius 2 is 2.00 bits per heavy atom. The van der Waals surface area contributed by atoms with Gasteiger partial charge in [-0.05, 0) is 68.6 Å². The van der Waals surface area contributed by atoms with Gasteiger partial charge in [-0.25, -0.2) is 9.78 Å². The fourth-order valence-corrected chi connectivity index (χ4v) is 6.94. The number of esters is 2. The number of hydrogen-bond acceptors (Lipinski definition) is 11. The summed E-state index contributed by atoms with van der Waals surface area (Å²) in [5.41, 5.74) is 0.981.